The minimum Gasteiger partial charge on any atom is -0.299 e. The number of benzene rings is 2. The average molecular weight is 292 g/mol. The number of aliphatic imine (C=N–C) groups is 1. The predicted octanol–water partition coefficient (Wildman–Crippen LogP) is 3.70. The zero-order valence-corrected chi connectivity index (χ0v) is 12.9. The molecule has 3 rings (SSSR count). The zero-order valence-electron chi connectivity index (χ0n) is 12.9. The number of rotatable bonds is 3. The Labute approximate surface area is 131 Å². The number of Topliss-reactive ketones (excluding diaryl/α,β-unsaturated/α-hetero) is 1. The van der Waals surface area contributed by atoms with E-state index in [1.54, 1.807) is 6.92 Å². The van der Waals surface area contributed by atoms with Crippen molar-refractivity contribution in [3.05, 3.63) is 71.8 Å². The molecule has 0 spiro atoms. The van der Waals surface area contributed by atoms with Crippen molar-refractivity contribution in [3.8, 4) is 0 Å². The molecule has 0 fully saturated rings. The number of hydrogen-bond donors (Lipinski definition) is 1. The lowest BCUT2D eigenvalue weighted by molar-refractivity contribution is -0.119. The van der Waals surface area contributed by atoms with E-state index in [2.05, 4.69) is 29.6 Å². The van der Waals surface area contributed by atoms with Gasteiger partial charge in [-0.05, 0) is 25.0 Å². The molecular weight excluding hydrogens is 272 g/mol. The molecule has 0 radical (unpaired) electrons. The molecule has 0 bridgehead atoms. The normalized spacial score (nSPS) is 24.6. The van der Waals surface area contributed by atoms with Crippen LogP contribution >= 0.6 is 0 Å². The van der Waals surface area contributed by atoms with Crippen LogP contribution in [-0.4, -0.2) is 11.5 Å². The number of nitrogens with one attached hydrogen (secondary N) is 1. The Morgan fingerprint density at radius 1 is 0.955 bits per heavy atom. The van der Waals surface area contributed by atoms with Gasteiger partial charge < -0.3 is 0 Å². The standard InChI is InChI=1S/C19H20N2O/c1-13-17(14(2)22)18(15-9-5-3-6-10-15)21-19(20-13)16-11-7-4-8-12-16/h3-12,17-19,21H,1-2H3/t17?,18-,19+/m0/s1. The number of ketones is 1. The number of carbonyl (C=O) groups excluding carboxylic acids is 1. The van der Waals surface area contributed by atoms with Crippen molar-refractivity contribution in [3.63, 3.8) is 0 Å². The van der Waals surface area contributed by atoms with Crippen LogP contribution in [-0.2, 0) is 4.79 Å². The summed E-state index contributed by atoms with van der Waals surface area (Å²) in [6.45, 7) is 3.60. The molecule has 1 unspecified atom stereocenters. The lowest BCUT2D eigenvalue weighted by atomic mass is 9.84. The van der Waals surface area contributed by atoms with Crippen LogP contribution < -0.4 is 5.32 Å². The molecule has 2 aromatic carbocycles. The van der Waals surface area contributed by atoms with Gasteiger partial charge in [0.05, 0.1) is 5.92 Å². The first-order valence-electron chi connectivity index (χ1n) is 7.57. The first kappa shape index (κ1) is 14.7. The highest BCUT2D eigenvalue weighted by atomic mass is 16.1. The van der Waals surface area contributed by atoms with E-state index in [-0.39, 0.29) is 23.9 Å². The highest BCUT2D eigenvalue weighted by Gasteiger charge is 2.35. The molecule has 0 saturated carbocycles. The van der Waals surface area contributed by atoms with Gasteiger partial charge in [0.1, 0.15) is 11.9 Å². The first-order chi connectivity index (χ1) is 10.7. The first-order valence-corrected chi connectivity index (χ1v) is 7.57. The Bertz CT molecular complexity index is 679. The summed E-state index contributed by atoms with van der Waals surface area (Å²) in [6.07, 6.45) is -0.109. The highest BCUT2D eigenvalue weighted by Crippen LogP contribution is 2.33. The molecule has 1 aliphatic heterocycles. The lowest BCUT2D eigenvalue weighted by Crippen LogP contribution is -2.42. The molecule has 3 nitrogen and oxygen atoms in total. The van der Waals surface area contributed by atoms with Crippen molar-refractivity contribution in [1.29, 1.82) is 0 Å². The lowest BCUT2D eigenvalue weighted by Gasteiger charge is -2.35. The van der Waals surface area contributed by atoms with E-state index >= 15 is 0 Å². The third kappa shape index (κ3) is 2.85. The molecule has 22 heavy (non-hydrogen) atoms. The minimum atomic E-state index is -0.206. The maximum atomic E-state index is 12.1. The van der Waals surface area contributed by atoms with E-state index in [4.69, 9.17) is 4.99 Å². The van der Waals surface area contributed by atoms with E-state index in [9.17, 15) is 4.79 Å². The average Bonchev–Trinajstić information content (AvgIpc) is 2.55. The Morgan fingerprint density at radius 3 is 2.05 bits per heavy atom. The van der Waals surface area contributed by atoms with Gasteiger partial charge in [-0.15, -0.1) is 0 Å². The Kier molecular flexibility index (Phi) is 4.16. The van der Waals surface area contributed by atoms with E-state index < -0.39 is 0 Å². The number of carbonyl (C=O) groups is 1. The third-order valence-corrected chi connectivity index (χ3v) is 4.17. The molecule has 2 aromatic rings. The van der Waals surface area contributed by atoms with E-state index in [1.807, 2.05) is 43.3 Å². The summed E-state index contributed by atoms with van der Waals surface area (Å²) in [5.41, 5.74) is 3.14. The van der Waals surface area contributed by atoms with Gasteiger partial charge in [0.2, 0.25) is 0 Å². The van der Waals surface area contributed by atoms with Gasteiger partial charge in [-0.3, -0.25) is 15.1 Å². The van der Waals surface area contributed by atoms with Crippen LogP contribution in [0.15, 0.2) is 65.7 Å². The fourth-order valence-corrected chi connectivity index (χ4v) is 3.11. The molecule has 0 aromatic heterocycles. The van der Waals surface area contributed by atoms with E-state index in [0.717, 1.165) is 16.8 Å². The zero-order chi connectivity index (χ0) is 15.5. The quantitative estimate of drug-likeness (QED) is 0.937. The predicted molar refractivity (Wildman–Crippen MR) is 88.8 cm³/mol. The van der Waals surface area contributed by atoms with Gasteiger partial charge in [0.25, 0.3) is 0 Å². The van der Waals surface area contributed by atoms with Gasteiger partial charge in [-0.25, -0.2) is 0 Å². The maximum absolute atomic E-state index is 12.1. The molecule has 0 aliphatic carbocycles. The van der Waals surface area contributed by atoms with E-state index in [0.29, 0.717) is 0 Å². The third-order valence-electron chi connectivity index (χ3n) is 4.17. The molecule has 3 heteroatoms. The van der Waals surface area contributed by atoms with Crippen molar-refractivity contribution >= 4 is 11.5 Å². The van der Waals surface area contributed by atoms with Crippen LogP contribution in [0.4, 0.5) is 0 Å². The summed E-state index contributed by atoms with van der Waals surface area (Å²) in [5.74, 6) is -0.0588. The van der Waals surface area contributed by atoms with Crippen LogP contribution in [0.3, 0.4) is 0 Å². The van der Waals surface area contributed by atoms with Gasteiger partial charge in [-0.2, -0.15) is 0 Å². The summed E-state index contributed by atoms with van der Waals surface area (Å²) in [7, 11) is 0. The van der Waals surface area contributed by atoms with Crippen molar-refractivity contribution in [1.82, 2.24) is 5.32 Å². The smallest absolute Gasteiger partial charge is 0.140 e. The van der Waals surface area contributed by atoms with Crippen LogP contribution in [0.5, 0.6) is 0 Å². The highest BCUT2D eigenvalue weighted by molar-refractivity contribution is 6.04. The second kappa shape index (κ2) is 6.24. The summed E-state index contributed by atoms with van der Waals surface area (Å²) in [4.78, 5) is 16.8. The topological polar surface area (TPSA) is 41.5 Å². The Morgan fingerprint density at radius 2 is 1.50 bits per heavy atom. The molecule has 0 amide bonds. The van der Waals surface area contributed by atoms with Gasteiger partial charge in [0.15, 0.2) is 0 Å². The van der Waals surface area contributed by atoms with E-state index in [1.165, 1.54) is 0 Å². The van der Waals surface area contributed by atoms with Gasteiger partial charge in [0, 0.05) is 11.8 Å². The van der Waals surface area contributed by atoms with Crippen LogP contribution in [0.25, 0.3) is 0 Å². The maximum Gasteiger partial charge on any atom is 0.140 e. The molecule has 1 aliphatic rings. The van der Waals surface area contributed by atoms with Crippen molar-refractivity contribution in [2.24, 2.45) is 10.9 Å². The van der Waals surface area contributed by atoms with Gasteiger partial charge >= 0.3 is 0 Å². The van der Waals surface area contributed by atoms with Crippen molar-refractivity contribution in [2.75, 3.05) is 0 Å². The summed E-state index contributed by atoms with van der Waals surface area (Å²) >= 11 is 0. The monoisotopic (exact) mass is 292 g/mol. The number of hydrogen-bond acceptors (Lipinski definition) is 3. The fourth-order valence-electron chi connectivity index (χ4n) is 3.11. The SMILES string of the molecule is CC(=O)C1C(C)=N[C@@H](c2ccccc2)N[C@H]1c1ccccc1. The van der Waals surface area contributed by atoms with Crippen molar-refractivity contribution in [2.45, 2.75) is 26.1 Å². The Balaban J connectivity index is 2.01. The number of nitrogens with zero attached hydrogens (tertiary/aromatic N) is 1. The molecule has 0 saturated heterocycles. The molecule has 112 valence electrons. The van der Waals surface area contributed by atoms with Crippen LogP contribution in [0, 0.1) is 5.92 Å². The minimum absolute atomic E-state index is 0.0404. The Hall–Kier alpha value is -2.26. The second-order valence-corrected chi connectivity index (χ2v) is 5.73. The van der Waals surface area contributed by atoms with Crippen LogP contribution in [0.2, 0.25) is 0 Å². The summed E-state index contributed by atoms with van der Waals surface area (Å²) < 4.78 is 0. The van der Waals surface area contributed by atoms with Gasteiger partial charge in [-0.1, -0.05) is 60.7 Å². The molecular formula is C19H20N2O. The van der Waals surface area contributed by atoms with Crippen LogP contribution in [0.1, 0.15) is 37.2 Å². The largest absolute Gasteiger partial charge is 0.299 e. The molecule has 1 N–H and O–H groups in total. The fraction of sp³-hybridized carbons (Fsp3) is 0.263. The van der Waals surface area contributed by atoms with Crippen molar-refractivity contribution < 1.29 is 4.79 Å². The second-order valence-electron chi connectivity index (χ2n) is 5.73. The molecule has 1 heterocycles. The molecule has 3 atom stereocenters. The summed E-state index contributed by atoms with van der Waals surface area (Å²) in [6, 6.07) is 20.2. The summed E-state index contributed by atoms with van der Waals surface area (Å²) in [5, 5.41) is 3.54.